The second-order valence-electron chi connectivity index (χ2n) is 4.38. The predicted octanol–water partition coefficient (Wildman–Crippen LogP) is 3.53. The summed E-state index contributed by atoms with van der Waals surface area (Å²) < 4.78 is 0. The molecule has 0 saturated heterocycles. The number of amides is 1. The summed E-state index contributed by atoms with van der Waals surface area (Å²) in [6, 6.07) is 12.2. The number of anilines is 1. The van der Waals surface area contributed by atoms with Gasteiger partial charge < -0.3 is 11.1 Å². The minimum Gasteiger partial charge on any atom is -0.389 e. The van der Waals surface area contributed by atoms with Crippen LogP contribution in [-0.2, 0) is 0 Å². The van der Waals surface area contributed by atoms with Gasteiger partial charge in [-0.15, -0.1) is 0 Å². The number of thiocarbonyl (C=S) groups is 1. The molecule has 0 unspecified atom stereocenters. The second-order valence-corrected chi connectivity index (χ2v) is 5.23. The number of halogens is 1. The van der Waals surface area contributed by atoms with E-state index in [2.05, 4.69) is 5.32 Å². The molecule has 2 aromatic carbocycles. The molecule has 0 bridgehead atoms. The van der Waals surface area contributed by atoms with Crippen LogP contribution in [0.3, 0.4) is 0 Å². The third kappa shape index (κ3) is 3.35. The minimum absolute atomic E-state index is 0.230. The van der Waals surface area contributed by atoms with Gasteiger partial charge in [-0.05, 0) is 36.8 Å². The highest BCUT2D eigenvalue weighted by Crippen LogP contribution is 2.23. The van der Waals surface area contributed by atoms with Gasteiger partial charge in [-0.25, -0.2) is 0 Å². The quantitative estimate of drug-likeness (QED) is 0.853. The summed E-state index contributed by atoms with van der Waals surface area (Å²) >= 11 is 10.9. The molecule has 0 fully saturated rings. The molecule has 5 heteroatoms. The summed E-state index contributed by atoms with van der Waals surface area (Å²) in [4.78, 5) is 12.4. The number of carbonyl (C=O) groups is 1. The molecular weight excluding hydrogens is 292 g/mol. The van der Waals surface area contributed by atoms with Crippen molar-refractivity contribution in [2.24, 2.45) is 5.73 Å². The Morgan fingerprint density at radius 2 is 1.75 bits per heavy atom. The fourth-order valence-electron chi connectivity index (χ4n) is 1.72. The number of benzene rings is 2. The molecule has 0 heterocycles. The van der Waals surface area contributed by atoms with E-state index in [1.54, 1.807) is 30.3 Å². The first-order chi connectivity index (χ1) is 9.47. The van der Waals surface area contributed by atoms with Gasteiger partial charge in [0.15, 0.2) is 0 Å². The summed E-state index contributed by atoms with van der Waals surface area (Å²) in [5.41, 5.74) is 8.37. The van der Waals surface area contributed by atoms with Crippen LogP contribution in [0.15, 0.2) is 42.5 Å². The Bertz CT molecular complexity index is 668. The van der Waals surface area contributed by atoms with Crippen LogP contribution in [0.4, 0.5) is 5.69 Å². The molecule has 0 aromatic heterocycles. The van der Waals surface area contributed by atoms with Crippen molar-refractivity contribution >= 4 is 40.4 Å². The molecule has 2 aromatic rings. The molecule has 0 radical (unpaired) electrons. The maximum Gasteiger partial charge on any atom is 0.255 e. The standard InChI is InChI=1S/C15H13ClN2OS/c1-9-2-7-12(16)13(8-9)18-15(19)11-5-3-10(4-6-11)14(17)20/h2-8H,1H3,(H2,17,20)(H,18,19). The smallest absolute Gasteiger partial charge is 0.255 e. The summed E-state index contributed by atoms with van der Waals surface area (Å²) in [6.45, 7) is 1.93. The van der Waals surface area contributed by atoms with E-state index in [0.29, 0.717) is 21.3 Å². The molecular formula is C15H13ClN2OS. The van der Waals surface area contributed by atoms with Gasteiger partial charge in [-0.2, -0.15) is 0 Å². The Kier molecular flexibility index (Phi) is 4.37. The van der Waals surface area contributed by atoms with Gasteiger partial charge in [0.1, 0.15) is 4.99 Å². The van der Waals surface area contributed by atoms with E-state index < -0.39 is 0 Å². The van der Waals surface area contributed by atoms with E-state index in [4.69, 9.17) is 29.6 Å². The van der Waals surface area contributed by atoms with Crippen molar-refractivity contribution in [3.8, 4) is 0 Å². The molecule has 0 aliphatic carbocycles. The van der Waals surface area contributed by atoms with Crippen LogP contribution < -0.4 is 11.1 Å². The molecule has 3 N–H and O–H groups in total. The normalized spacial score (nSPS) is 10.1. The molecule has 0 aliphatic rings. The number of nitrogens with one attached hydrogen (secondary N) is 1. The van der Waals surface area contributed by atoms with Crippen LogP contribution in [0.2, 0.25) is 5.02 Å². The van der Waals surface area contributed by atoms with Gasteiger partial charge in [0.05, 0.1) is 10.7 Å². The summed E-state index contributed by atoms with van der Waals surface area (Å²) in [7, 11) is 0. The topological polar surface area (TPSA) is 55.1 Å². The third-order valence-electron chi connectivity index (χ3n) is 2.80. The highest BCUT2D eigenvalue weighted by molar-refractivity contribution is 7.80. The molecule has 20 heavy (non-hydrogen) atoms. The molecule has 0 atom stereocenters. The lowest BCUT2D eigenvalue weighted by Crippen LogP contribution is -2.13. The molecule has 0 aliphatic heterocycles. The van der Waals surface area contributed by atoms with Crippen LogP contribution in [0.5, 0.6) is 0 Å². The van der Waals surface area contributed by atoms with Crippen LogP contribution >= 0.6 is 23.8 Å². The van der Waals surface area contributed by atoms with Crippen LogP contribution in [-0.4, -0.2) is 10.9 Å². The number of hydrogen-bond acceptors (Lipinski definition) is 2. The van der Waals surface area contributed by atoms with Gasteiger partial charge in [-0.3, -0.25) is 4.79 Å². The van der Waals surface area contributed by atoms with Gasteiger partial charge >= 0.3 is 0 Å². The molecule has 3 nitrogen and oxygen atoms in total. The number of nitrogens with two attached hydrogens (primary N) is 1. The summed E-state index contributed by atoms with van der Waals surface area (Å²) in [6.07, 6.45) is 0. The van der Waals surface area contributed by atoms with Crippen LogP contribution in [0.1, 0.15) is 21.5 Å². The number of carbonyl (C=O) groups excluding carboxylic acids is 1. The van der Waals surface area contributed by atoms with E-state index in [9.17, 15) is 4.79 Å². The fraction of sp³-hybridized carbons (Fsp3) is 0.0667. The Morgan fingerprint density at radius 1 is 1.15 bits per heavy atom. The van der Waals surface area contributed by atoms with E-state index in [-0.39, 0.29) is 5.91 Å². The van der Waals surface area contributed by atoms with E-state index in [0.717, 1.165) is 11.1 Å². The van der Waals surface area contributed by atoms with Gasteiger partial charge in [0.2, 0.25) is 0 Å². The molecule has 0 saturated carbocycles. The zero-order valence-electron chi connectivity index (χ0n) is 10.8. The number of aryl methyl sites for hydroxylation is 1. The highest BCUT2D eigenvalue weighted by Gasteiger charge is 2.09. The maximum atomic E-state index is 12.1. The van der Waals surface area contributed by atoms with Crippen molar-refractivity contribution in [3.63, 3.8) is 0 Å². The second kappa shape index (κ2) is 6.03. The first-order valence-corrected chi connectivity index (χ1v) is 6.73. The predicted molar refractivity (Wildman–Crippen MR) is 86.5 cm³/mol. The first-order valence-electron chi connectivity index (χ1n) is 5.95. The lowest BCUT2D eigenvalue weighted by atomic mass is 10.1. The zero-order valence-corrected chi connectivity index (χ0v) is 12.4. The van der Waals surface area contributed by atoms with Crippen molar-refractivity contribution in [2.75, 3.05) is 5.32 Å². The Balaban J connectivity index is 2.19. The lowest BCUT2D eigenvalue weighted by molar-refractivity contribution is 0.102. The molecule has 102 valence electrons. The molecule has 0 spiro atoms. The summed E-state index contributed by atoms with van der Waals surface area (Å²) in [5.74, 6) is -0.230. The first kappa shape index (κ1) is 14.5. The van der Waals surface area contributed by atoms with Crippen molar-refractivity contribution in [1.82, 2.24) is 0 Å². The van der Waals surface area contributed by atoms with Crippen molar-refractivity contribution in [1.29, 1.82) is 0 Å². The third-order valence-corrected chi connectivity index (χ3v) is 3.37. The monoisotopic (exact) mass is 304 g/mol. The fourth-order valence-corrected chi connectivity index (χ4v) is 2.02. The molecule has 2 rings (SSSR count). The van der Waals surface area contributed by atoms with Gasteiger partial charge in [0.25, 0.3) is 5.91 Å². The van der Waals surface area contributed by atoms with E-state index >= 15 is 0 Å². The Labute approximate surface area is 127 Å². The zero-order chi connectivity index (χ0) is 14.7. The van der Waals surface area contributed by atoms with Crippen molar-refractivity contribution in [2.45, 2.75) is 6.92 Å². The van der Waals surface area contributed by atoms with Gasteiger partial charge in [0, 0.05) is 11.1 Å². The Hall–Kier alpha value is -1.91. The average molecular weight is 305 g/mol. The molecule has 1 amide bonds. The number of hydrogen-bond donors (Lipinski definition) is 2. The maximum absolute atomic E-state index is 12.1. The SMILES string of the molecule is Cc1ccc(Cl)c(NC(=O)c2ccc(C(N)=S)cc2)c1. The van der Waals surface area contributed by atoms with E-state index in [1.807, 2.05) is 19.1 Å². The Morgan fingerprint density at radius 3 is 2.35 bits per heavy atom. The van der Waals surface area contributed by atoms with Crippen LogP contribution in [0.25, 0.3) is 0 Å². The van der Waals surface area contributed by atoms with Crippen molar-refractivity contribution < 1.29 is 4.79 Å². The van der Waals surface area contributed by atoms with E-state index in [1.165, 1.54) is 0 Å². The largest absolute Gasteiger partial charge is 0.389 e. The minimum atomic E-state index is -0.230. The van der Waals surface area contributed by atoms with Gasteiger partial charge in [-0.1, -0.05) is 42.0 Å². The highest BCUT2D eigenvalue weighted by atomic mass is 35.5. The summed E-state index contributed by atoms with van der Waals surface area (Å²) in [5, 5.41) is 3.28. The average Bonchev–Trinajstić information content (AvgIpc) is 2.43. The van der Waals surface area contributed by atoms with Crippen molar-refractivity contribution in [3.05, 3.63) is 64.2 Å². The number of rotatable bonds is 3. The van der Waals surface area contributed by atoms with Crippen LogP contribution in [0, 0.1) is 6.92 Å². The lowest BCUT2D eigenvalue weighted by Gasteiger charge is -2.08.